The maximum Gasteiger partial charge on any atom is 0.417 e. The van der Waals surface area contributed by atoms with Gasteiger partial charge in [-0.25, -0.2) is 0 Å². The van der Waals surface area contributed by atoms with E-state index in [1.54, 1.807) is 0 Å². The highest BCUT2D eigenvalue weighted by Crippen LogP contribution is 2.35. The first-order chi connectivity index (χ1) is 13.3. The molecule has 3 rings (SSSR count). The van der Waals surface area contributed by atoms with E-state index in [9.17, 15) is 22.8 Å². The number of likely N-dealkylation sites (tertiary alicyclic amines) is 1. The van der Waals surface area contributed by atoms with Gasteiger partial charge in [-0.15, -0.1) is 0 Å². The second-order valence-corrected chi connectivity index (χ2v) is 6.79. The zero-order chi connectivity index (χ0) is 20.1. The SMILES string of the molecule is O=C(CCc1ccccc1)Nc1ccc(C(=O)N2CCCC2)c(C(F)(F)F)c1. The fourth-order valence-electron chi connectivity index (χ4n) is 3.26. The Morgan fingerprint density at radius 1 is 1.00 bits per heavy atom. The van der Waals surface area contributed by atoms with E-state index in [0.29, 0.717) is 19.5 Å². The van der Waals surface area contributed by atoms with E-state index >= 15 is 0 Å². The van der Waals surface area contributed by atoms with Crippen LogP contribution in [0.1, 0.15) is 40.7 Å². The summed E-state index contributed by atoms with van der Waals surface area (Å²) in [4.78, 5) is 26.0. The van der Waals surface area contributed by atoms with Crippen LogP contribution in [0.4, 0.5) is 18.9 Å². The van der Waals surface area contributed by atoms with Crippen LogP contribution in [0.3, 0.4) is 0 Å². The van der Waals surface area contributed by atoms with Crippen molar-refractivity contribution in [2.75, 3.05) is 18.4 Å². The molecule has 7 heteroatoms. The van der Waals surface area contributed by atoms with Gasteiger partial charge < -0.3 is 10.2 Å². The maximum atomic E-state index is 13.5. The second-order valence-electron chi connectivity index (χ2n) is 6.79. The summed E-state index contributed by atoms with van der Waals surface area (Å²) in [5.41, 5.74) is -0.398. The van der Waals surface area contributed by atoms with Crippen LogP contribution in [0.2, 0.25) is 0 Å². The average Bonchev–Trinajstić information content (AvgIpc) is 3.21. The number of benzene rings is 2. The minimum atomic E-state index is -4.69. The summed E-state index contributed by atoms with van der Waals surface area (Å²) < 4.78 is 40.5. The molecule has 1 fully saturated rings. The van der Waals surface area contributed by atoms with Crippen molar-refractivity contribution in [3.05, 3.63) is 65.2 Å². The van der Waals surface area contributed by atoms with Crippen LogP contribution < -0.4 is 5.32 Å². The van der Waals surface area contributed by atoms with Crippen LogP contribution in [0.25, 0.3) is 0 Å². The van der Waals surface area contributed by atoms with E-state index in [0.717, 1.165) is 30.5 Å². The van der Waals surface area contributed by atoms with Gasteiger partial charge in [-0.05, 0) is 43.0 Å². The summed E-state index contributed by atoms with van der Waals surface area (Å²) in [7, 11) is 0. The van der Waals surface area contributed by atoms with Gasteiger partial charge in [0.25, 0.3) is 5.91 Å². The smallest absolute Gasteiger partial charge is 0.339 e. The highest BCUT2D eigenvalue weighted by molar-refractivity contribution is 5.97. The molecule has 1 saturated heterocycles. The monoisotopic (exact) mass is 390 g/mol. The topological polar surface area (TPSA) is 49.4 Å². The second kappa shape index (κ2) is 8.46. The van der Waals surface area contributed by atoms with E-state index < -0.39 is 17.6 Å². The van der Waals surface area contributed by atoms with Gasteiger partial charge in [-0.2, -0.15) is 13.2 Å². The molecule has 1 aliphatic rings. The Kier molecular flexibility index (Phi) is 6.02. The van der Waals surface area contributed by atoms with Crippen molar-refractivity contribution in [1.82, 2.24) is 4.90 Å². The van der Waals surface area contributed by atoms with Crippen molar-refractivity contribution in [3.8, 4) is 0 Å². The number of alkyl halides is 3. The van der Waals surface area contributed by atoms with Crippen LogP contribution in [0.5, 0.6) is 0 Å². The fraction of sp³-hybridized carbons (Fsp3) is 0.333. The molecule has 1 heterocycles. The van der Waals surface area contributed by atoms with Gasteiger partial charge >= 0.3 is 6.18 Å². The van der Waals surface area contributed by atoms with Crippen LogP contribution in [0, 0.1) is 0 Å². The molecule has 148 valence electrons. The molecular formula is C21H21F3N2O2. The van der Waals surface area contributed by atoms with Crippen molar-refractivity contribution in [2.45, 2.75) is 31.9 Å². The predicted molar refractivity (Wildman–Crippen MR) is 100.0 cm³/mol. The number of rotatable bonds is 5. The minimum Gasteiger partial charge on any atom is -0.339 e. The van der Waals surface area contributed by atoms with E-state index in [4.69, 9.17) is 0 Å². The number of carbonyl (C=O) groups is 2. The molecule has 0 unspecified atom stereocenters. The third kappa shape index (κ3) is 4.91. The van der Waals surface area contributed by atoms with E-state index in [1.165, 1.54) is 11.0 Å². The first-order valence-corrected chi connectivity index (χ1v) is 9.19. The first-order valence-electron chi connectivity index (χ1n) is 9.19. The molecule has 28 heavy (non-hydrogen) atoms. The van der Waals surface area contributed by atoms with Crippen LogP contribution in [0.15, 0.2) is 48.5 Å². The largest absolute Gasteiger partial charge is 0.417 e. The van der Waals surface area contributed by atoms with Gasteiger partial charge in [-0.3, -0.25) is 9.59 Å². The summed E-state index contributed by atoms with van der Waals surface area (Å²) in [6, 6.07) is 12.7. The summed E-state index contributed by atoms with van der Waals surface area (Å²) >= 11 is 0. The number of aryl methyl sites for hydroxylation is 1. The summed E-state index contributed by atoms with van der Waals surface area (Å²) in [5, 5.41) is 2.50. The highest BCUT2D eigenvalue weighted by atomic mass is 19.4. The molecule has 1 N–H and O–H groups in total. The van der Waals surface area contributed by atoms with Crippen molar-refractivity contribution in [1.29, 1.82) is 0 Å². The van der Waals surface area contributed by atoms with Gasteiger partial charge in [0.1, 0.15) is 0 Å². The van der Waals surface area contributed by atoms with E-state index in [-0.39, 0.29) is 23.6 Å². The molecule has 2 aromatic rings. The number of carbonyl (C=O) groups excluding carboxylic acids is 2. The van der Waals surface area contributed by atoms with Crippen LogP contribution in [-0.2, 0) is 17.4 Å². The normalized spacial score (nSPS) is 14.2. The molecule has 0 bridgehead atoms. The van der Waals surface area contributed by atoms with Gasteiger partial charge in [0, 0.05) is 25.2 Å². The van der Waals surface area contributed by atoms with E-state index in [1.807, 2.05) is 30.3 Å². The number of nitrogens with zero attached hydrogens (tertiary/aromatic N) is 1. The zero-order valence-corrected chi connectivity index (χ0v) is 15.3. The number of nitrogens with one attached hydrogen (secondary N) is 1. The van der Waals surface area contributed by atoms with Crippen molar-refractivity contribution in [3.63, 3.8) is 0 Å². The summed E-state index contributed by atoms with van der Waals surface area (Å²) in [6.07, 6.45) is -2.45. The minimum absolute atomic E-state index is 0.0309. The summed E-state index contributed by atoms with van der Waals surface area (Å²) in [5.74, 6) is -0.998. The third-order valence-electron chi connectivity index (χ3n) is 4.72. The van der Waals surface area contributed by atoms with Gasteiger partial charge in [0.2, 0.25) is 5.91 Å². The fourth-order valence-corrected chi connectivity index (χ4v) is 3.26. The maximum absolute atomic E-state index is 13.5. The molecule has 0 spiro atoms. The lowest BCUT2D eigenvalue weighted by atomic mass is 10.0. The van der Waals surface area contributed by atoms with Crippen molar-refractivity contribution in [2.24, 2.45) is 0 Å². The first kappa shape index (κ1) is 19.9. The van der Waals surface area contributed by atoms with Crippen LogP contribution in [-0.4, -0.2) is 29.8 Å². The Bertz CT molecular complexity index is 844. The molecule has 4 nitrogen and oxygen atoms in total. The van der Waals surface area contributed by atoms with Gasteiger partial charge in [-0.1, -0.05) is 30.3 Å². The lowest BCUT2D eigenvalue weighted by molar-refractivity contribution is -0.138. The van der Waals surface area contributed by atoms with Gasteiger partial charge in [0.05, 0.1) is 11.1 Å². The Morgan fingerprint density at radius 3 is 2.32 bits per heavy atom. The Balaban J connectivity index is 1.73. The molecule has 0 atom stereocenters. The lowest BCUT2D eigenvalue weighted by Crippen LogP contribution is -2.29. The summed E-state index contributed by atoms with van der Waals surface area (Å²) in [6.45, 7) is 0.933. The standard InChI is InChI=1S/C21H21F3N2O2/c22-21(23,24)18-14-16(9-10-17(18)20(28)26-12-4-5-13-26)25-19(27)11-8-15-6-2-1-3-7-15/h1-3,6-7,9-10,14H,4-5,8,11-13H2,(H,25,27). The van der Waals surface area contributed by atoms with Crippen LogP contribution >= 0.6 is 0 Å². The molecule has 0 radical (unpaired) electrons. The molecule has 0 saturated carbocycles. The molecule has 0 aliphatic carbocycles. The Morgan fingerprint density at radius 2 is 1.68 bits per heavy atom. The van der Waals surface area contributed by atoms with E-state index in [2.05, 4.69) is 5.32 Å². The number of amides is 2. The molecule has 1 aliphatic heterocycles. The number of hydrogen-bond donors (Lipinski definition) is 1. The molecule has 0 aromatic heterocycles. The average molecular weight is 390 g/mol. The molecule has 2 aromatic carbocycles. The number of halogens is 3. The number of hydrogen-bond acceptors (Lipinski definition) is 2. The zero-order valence-electron chi connectivity index (χ0n) is 15.3. The quantitative estimate of drug-likeness (QED) is 0.817. The third-order valence-corrected chi connectivity index (χ3v) is 4.72. The van der Waals surface area contributed by atoms with Gasteiger partial charge in [0.15, 0.2) is 0 Å². The predicted octanol–water partition coefficient (Wildman–Crippen LogP) is 4.51. The molecular weight excluding hydrogens is 369 g/mol. The van der Waals surface area contributed by atoms with Crippen molar-refractivity contribution >= 4 is 17.5 Å². The number of anilines is 1. The Labute approximate surface area is 161 Å². The Hall–Kier alpha value is -2.83. The van der Waals surface area contributed by atoms with Crippen molar-refractivity contribution < 1.29 is 22.8 Å². The lowest BCUT2D eigenvalue weighted by Gasteiger charge is -2.19. The highest BCUT2D eigenvalue weighted by Gasteiger charge is 2.37. The molecule has 2 amide bonds.